The molecule has 1 aromatic rings. The normalized spacial score (nSPS) is 18.4. The summed E-state index contributed by atoms with van der Waals surface area (Å²) in [4.78, 5) is 12.4. The number of amides is 1. The van der Waals surface area contributed by atoms with Crippen LogP contribution in [0.3, 0.4) is 0 Å². The van der Waals surface area contributed by atoms with Gasteiger partial charge in [0.2, 0.25) is 5.91 Å². The zero-order chi connectivity index (χ0) is 13.2. The zero-order valence-electron chi connectivity index (χ0n) is 10.8. The molecule has 0 unspecified atom stereocenters. The second-order valence-corrected chi connectivity index (χ2v) is 5.66. The van der Waals surface area contributed by atoms with E-state index < -0.39 is 0 Å². The zero-order valence-corrected chi connectivity index (χ0v) is 11.6. The lowest BCUT2D eigenvalue weighted by Crippen LogP contribution is -2.42. The van der Waals surface area contributed by atoms with Crippen LogP contribution in [0.2, 0.25) is 5.02 Å². The Morgan fingerprint density at radius 3 is 2.67 bits per heavy atom. The van der Waals surface area contributed by atoms with Crippen LogP contribution in [0.4, 0.5) is 5.69 Å². The number of hydrogen-bond acceptors (Lipinski definition) is 2. The van der Waals surface area contributed by atoms with E-state index in [1.165, 1.54) is 0 Å². The van der Waals surface area contributed by atoms with Gasteiger partial charge in [0.05, 0.1) is 0 Å². The summed E-state index contributed by atoms with van der Waals surface area (Å²) in [5, 5.41) is 7.00. The van der Waals surface area contributed by atoms with Crippen LogP contribution in [0.5, 0.6) is 0 Å². The van der Waals surface area contributed by atoms with E-state index in [9.17, 15) is 4.79 Å². The van der Waals surface area contributed by atoms with Crippen LogP contribution in [0.15, 0.2) is 18.2 Å². The maximum absolute atomic E-state index is 12.4. The average Bonchev–Trinajstić information content (AvgIpc) is 2.33. The molecule has 1 saturated heterocycles. The number of aryl methyl sites for hydroxylation is 1. The van der Waals surface area contributed by atoms with Crippen molar-refractivity contribution in [3.63, 3.8) is 0 Å². The number of anilines is 1. The minimum atomic E-state index is -0.267. The smallest absolute Gasteiger partial charge is 0.230 e. The Balaban J connectivity index is 2.11. The predicted octanol–water partition coefficient (Wildman–Crippen LogP) is 2.98. The van der Waals surface area contributed by atoms with E-state index in [0.29, 0.717) is 5.02 Å². The third-order valence-electron chi connectivity index (χ3n) is 3.69. The van der Waals surface area contributed by atoms with Crippen molar-refractivity contribution in [3.05, 3.63) is 28.8 Å². The maximum Gasteiger partial charge on any atom is 0.230 e. The lowest BCUT2D eigenvalue weighted by atomic mass is 9.80. The molecule has 0 saturated carbocycles. The molecule has 0 bridgehead atoms. The number of rotatable bonds is 2. The summed E-state index contributed by atoms with van der Waals surface area (Å²) in [6.45, 7) is 5.80. The highest BCUT2D eigenvalue weighted by Crippen LogP contribution is 2.30. The highest BCUT2D eigenvalue weighted by Gasteiger charge is 2.34. The monoisotopic (exact) mass is 266 g/mol. The van der Waals surface area contributed by atoms with Crippen molar-refractivity contribution in [2.45, 2.75) is 26.7 Å². The van der Waals surface area contributed by atoms with Gasteiger partial charge in [-0.25, -0.2) is 0 Å². The molecule has 98 valence electrons. The fourth-order valence-corrected chi connectivity index (χ4v) is 2.47. The van der Waals surface area contributed by atoms with Gasteiger partial charge in [-0.2, -0.15) is 0 Å². The Kier molecular flexibility index (Phi) is 3.93. The van der Waals surface area contributed by atoms with Gasteiger partial charge in [-0.15, -0.1) is 0 Å². The van der Waals surface area contributed by atoms with E-state index >= 15 is 0 Å². The van der Waals surface area contributed by atoms with Crippen molar-refractivity contribution in [2.24, 2.45) is 5.41 Å². The third-order valence-corrected chi connectivity index (χ3v) is 3.93. The summed E-state index contributed by atoms with van der Waals surface area (Å²) >= 11 is 5.91. The molecule has 1 heterocycles. The minimum Gasteiger partial charge on any atom is -0.325 e. The van der Waals surface area contributed by atoms with Crippen LogP contribution in [0.1, 0.15) is 25.3 Å². The van der Waals surface area contributed by atoms with Gasteiger partial charge in [0.1, 0.15) is 0 Å². The van der Waals surface area contributed by atoms with E-state index in [2.05, 4.69) is 10.6 Å². The van der Waals surface area contributed by atoms with Crippen LogP contribution in [-0.2, 0) is 4.79 Å². The van der Waals surface area contributed by atoms with Crippen LogP contribution in [0.25, 0.3) is 0 Å². The Labute approximate surface area is 113 Å². The number of piperidine rings is 1. The molecule has 1 amide bonds. The first kappa shape index (κ1) is 13.4. The Hall–Kier alpha value is -1.06. The highest BCUT2D eigenvalue weighted by molar-refractivity contribution is 6.30. The molecule has 0 radical (unpaired) electrons. The number of nitrogens with one attached hydrogen (secondary N) is 2. The van der Waals surface area contributed by atoms with Gasteiger partial charge >= 0.3 is 0 Å². The first-order chi connectivity index (χ1) is 8.51. The van der Waals surface area contributed by atoms with Gasteiger partial charge in [0.15, 0.2) is 0 Å². The Bertz CT molecular complexity index is 453. The van der Waals surface area contributed by atoms with E-state index in [1.54, 1.807) is 6.07 Å². The molecular formula is C14H19ClN2O. The SMILES string of the molecule is Cc1cc(Cl)ccc1NC(=O)C1(C)CCNCC1. The van der Waals surface area contributed by atoms with E-state index in [1.807, 2.05) is 26.0 Å². The van der Waals surface area contributed by atoms with Gasteiger partial charge in [0, 0.05) is 16.1 Å². The molecule has 3 nitrogen and oxygen atoms in total. The van der Waals surface area contributed by atoms with E-state index in [4.69, 9.17) is 11.6 Å². The summed E-state index contributed by atoms with van der Waals surface area (Å²) in [6, 6.07) is 5.52. The van der Waals surface area contributed by atoms with Crippen LogP contribution < -0.4 is 10.6 Å². The lowest BCUT2D eigenvalue weighted by Gasteiger charge is -2.32. The molecule has 0 aliphatic carbocycles. The quantitative estimate of drug-likeness (QED) is 0.864. The molecule has 18 heavy (non-hydrogen) atoms. The van der Waals surface area contributed by atoms with Crippen LogP contribution in [-0.4, -0.2) is 19.0 Å². The van der Waals surface area contributed by atoms with E-state index in [0.717, 1.165) is 37.2 Å². The van der Waals surface area contributed by atoms with Gasteiger partial charge in [-0.05, 0) is 56.6 Å². The lowest BCUT2D eigenvalue weighted by molar-refractivity contribution is -0.126. The molecule has 0 atom stereocenters. The molecule has 1 fully saturated rings. The molecule has 2 rings (SSSR count). The fraction of sp³-hybridized carbons (Fsp3) is 0.500. The van der Waals surface area contributed by atoms with Crippen molar-refractivity contribution in [1.82, 2.24) is 5.32 Å². The van der Waals surface area contributed by atoms with Crippen molar-refractivity contribution in [2.75, 3.05) is 18.4 Å². The second kappa shape index (κ2) is 5.29. The van der Waals surface area contributed by atoms with E-state index in [-0.39, 0.29) is 11.3 Å². The molecule has 4 heteroatoms. The van der Waals surface area contributed by atoms with Gasteiger partial charge in [-0.1, -0.05) is 18.5 Å². The van der Waals surface area contributed by atoms with Gasteiger partial charge in [0.25, 0.3) is 0 Å². The molecular weight excluding hydrogens is 248 g/mol. The van der Waals surface area contributed by atoms with Crippen molar-refractivity contribution in [1.29, 1.82) is 0 Å². The summed E-state index contributed by atoms with van der Waals surface area (Å²) < 4.78 is 0. The molecule has 1 aliphatic heterocycles. The van der Waals surface area contributed by atoms with Crippen molar-refractivity contribution in [3.8, 4) is 0 Å². The summed E-state index contributed by atoms with van der Waals surface area (Å²) in [5.74, 6) is 0.106. The summed E-state index contributed by atoms with van der Waals surface area (Å²) in [5.41, 5.74) is 1.58. The topological polar surface area (TPSA) is 41.1 Å². The third kappa shape index (κ3) is 2.85. The first-order valence-corrected chi connectivity index (χ1v) is 6.67. The van der Waals surface area contributed by atoms with Gasteiger partial charge in [-0.3, -0.25) is 4.79 Å². The Morgan fingerprint density at radius 1 is 1.39 bits per heavy atom. The van der Waals surface area contributed by atoms with Crippen molar-refractivity contribution >= 4 is 23.2 Å². The second-order valence-electron chi connectivity index (χ2n) is 5.22. The fourth-order valence-electron chi connectivity index (χ4n) is 2.25. The molecule has 0 aromatic heterocycles. The van der Waals surface area contributed by atoms with Crippen molar-refractivity contribution < 1.29 is 4.79 Å². The largest absolute Gasteiger partial charge is 0.325 e. The Morgan fingerprint density at radius 2 is 2.06 bits per heavy atom. The van der Waals surface area contributed by atoms with Crippen LogP contribution >= 0.6 is 11.6 Å². The molecule has 1 aliphatic rings. The number of carbonyl (C=O) groups excluding carboxylic acids is 1. The number of carbonyl (C=O) groups is 1. The average molecular weight is 267 g/mol. The van der Waals surface area contributed by atoms with Crippen LogP contribution in [0, 0.1) is 12.3 Å². The summed E-state index contributed by atoms with van der Waals surface area (Å²) in [6.07, 6.45) is 1.76. The predicted molar refractivity (Wildman–Crippen MR) is 75.0 cm³/mol. The summed E-state index contributed by atoms with van der Waals surface area (Å²) in [7, 11) is 0. The maximum atomic E-state index is 12.4. The number of hydrogen-bond donors (Lipinski definition) is 2. The minimum absolute atomic E-state index is 0.106. The number of halogens is 1. The number of benzene rings is 1. The van der Waals surface area contributed by atoms with Gasteiger partial charge < -0.3 is 10.6 Å². The standard InChI is InChI=1S/C14H19ClN2O/c1-10-9-11(15)3-4-12(10)17-13(18)14(2)5-7-16-8-6-14/h3-4,9,16H,5-8H2,1-2H3,(H,17,18). The molecule has 0 spiro atoms. The highest BCUT2D eigenvalue weighted by atomic mass is 35.5. The first-order valence-electron chi connectivity index (χ1n) is 6.30. The molecule has 2 N–H and O–H groups in total. The molecule has 1 aromatic carbocycles.